The summed E-state index contributed by atoms with van der Waals surface area (Å²) >= 11 is 0. The van der Waals surface area contributed by atoms with E-state index in [2.05, 4.69) is 10.3 Å². The molecular formula is C8H12N2O. The summed E-state index contributed by atoms with van der Waals surface area (Å²) in [5, 5.41) is 3.26. The number of rotatable bonds is 2. The van der Waals surface area contributed by atoms with Gasteiger partial charge in [-0.2, -0.15) is 4.99 Å². The van der Waals surface area contributed by atoms with Crippen LogP contribution in [0.25, 0.3) is 0 Å². The Hall–Kier alpha value is -0.920. The van der Waals surface area contributed by atoms with Gasteiger partial charge in [-0.15, -0.1) is 0 Å². The topological polar surface area (TPSA) is 41.5 Å². The Morgan fingerprint density at radius 2 is 2.18 bits per heavy atom. The Morgan fingerprint density at radius 1 is 1.45 bits per heavy atom. The van der Waals surface area contributed by atoms with Gasteiger partial charge in [0.1, 0.15) is 0 Å². The van der Waals surface area contributed by atoms with E-state index in [1.807, 2.05) is 6.08 Å². The van der Waals surface area contributed by atoms with Crippen LogP contribution < -0.4 is 5.32 Å². The van der Waals surface area contributed by atoms with Crippen LogP contribution in [0.15, 0.2) is 17.3 Å². The minimum atomic E-state index is 0.591. The second-order valence-corrected chi connectivity index (χ2v) is 2.65. The lowest BCUT2D eigenvalue weighted by molar-refractivity contribution is 0.436. The molecule has 1 aliphatic heterocycles. The summed E-state index contributed by atoms with van der Waals surface area (Å²) < 4.78 is 0. The first kappa shape index (κ1) is 8.18. The molecule has 0 bridgehead atoms. The highest BCUT2D eigenvalue weighted by Gasteiger charge is 2.08. The average molecular weight is 152 g/mol. The van der Waals surface area contributed by atoms with Crippen LogP contribution in [0.1, 0.15) is 12.8 Å². The second-order valence-electron chi connectivity index (χ2n) is 2.65. The van der Waals surface area contributed by atoms with Gasteiger partial charge in [-0.25, -0.2) is 4.79 Å². The lowest BCUT2D eigenvalue weighted by atomic mass is 9.98. The van der Waals surface area contributed by atoms with E-state index in [4.69, 9.17) is 0 Å². The maximum absolute atomic E-state index is 9.69. The van der Waals surface area contributed by atoms with Gasteiger partial charge in [-0.05, 0) is 31.8 Å². The highest BCUT2D eigenvalue weighted by Crippen LogP contribution is 2.12. The molecule has 0 aromatic heterocycles. The van der Waals surface area contributed by atoms with Crippen LogP contribution in [0.2, 0.25) is 0 Å². The van der Waals surface area contributed by atoms with E-state index >= 15 is 0 Å². The van der Waals surface area contributed by atoms with E-state index in [1.54, 1.807) is 6.20 Å². The van der Waals surface area contributed by atoms with Crippen LogP contribution in [0, 0.1) is 5.92 Å². The van der Waals surface area contributed by atoms with E-state index in [1.165, 1.54) is 6.08 Å². The number of hydrogen-bond acceptors (Lipinski definition) is 3. The van der Waals surface area contributed by atoms with E-state index < -0.39 is 0 Å². The first-order chi connectivity index (χ1) is 5.43. The summed E-state index contributed by atoms with van der Waals surface area (Å²) in [5.74, 6) is 0.591. The molecule has 0 spiro atoms. The van der Waals surface area contributed by atoms with Gasteiger partial charge in [0.05, 0.1) is 0 Å². The summed E-state index contributed by atoms with van der Waals surface area (Å²) in [7, 11) is 0. The zero-order chi connectivity index (χ0) is 7.94. The molecule has 0 aromatic carbocycles. The molecule has 60 valence electrons. The standard InChI is InChI=1S/C8H12N2O/c11-7-10-6-3-8-1-4-9-5-2-8/h3,6,8-9H,1-2,4-5H2/b6-3-. The number of allylic oxidation sites excluding steroid dienone is 1. The monoisotopic (exact) mass is 152 g/mol. The van der Waals surface area contributed by atoms with Gasteiger partial charge >= 0.3 is 0 Å². The molecule has 3 heteroatoms. The highest BCUT2D eigenvalue weighted by molar-refractivity contribution is 5.34. The molecule has 1 heterocycles. The molecule has 1 fully saturated rings. The van der Waals surface area contributed by atoms with Crippen molar-refractivity contribution >= 4 is 6.08 Å². The molecule has 1 aliphatic rings. The summed E-state index contributed by atoms with van der Waals surface area (Å²) in [6.07, 6.45) is 7.29. The third-order valence-corrected chi connectivity index (χ3v) is 1.87. The molecule has 1 N–H and O–H groups in total. The normalized spacial score (nSPS) is 20.0. The quantitative estimate of drug-likeness (QED) is 0.470. The summed E-state index contributed by atoms with van der Waals surface area (Å²) in [5.41, 5.74) is 0. The van der Waals surface area contributed by atoms with Gasteiger partial charge in [0, 0.05) is 6.20 Å². The molecule has 1 saturated heterocycles. The van der Waals surface area contributed by atoms with E-state index in [0.29, 0.717) is 5.92 Å². The molecule has 0 amide bonds. The van der Waals surface area contributed by atoms with Gasteiger partial charge < -0.3 is 5.32 Å². The predicted octanol–water partition coefficient (Wildman–Crippen LogP) is 0.835. The molecule has 0 saturated carbocycles. The summed E-state index contributed by atoms with van der Waals surface area (Å²) in [6, 6.07) is 0. The van der Waals surface area contributed by atoms with Gasteiger partial charge in [0.15, 0.2) is 0 Å². The van der Waals surface area contributed by atoms with E-state index in [9.17, 15) is 4.79 Å². The van der Waals surface area contributed by atoms with Crippen molar-refractivity contribution in [2.24, 2.45) is 10.9 Å². The van der Waals surface area contributed by atoms with Crippen molar-refractivity contribution in [3.63, 3.8) is 0 Å². The van der Waals surface area contributed by atoms with E-state index in [0.717, 1.165) is 25.9 Å². The second kappa shape index (κ2) is 4.83. The number of aliphatic imine (C=N–C) groups is 1. The zero-order valence-electron chi connectivity index (χ0n) is 6.42. The zero-order valence-corrected chi connectivity index (χ0v) is 6.42. The number of isocyanates is 1. The molecule has 0 radical (unpaired) electrons. The molecular weight excluding hydrogens is 140 g/mol. The van der Waals surface area contributed by atoms with Crippen LogP contribution >= 0.6 is 0 Å². The number of hydrogen-bond donors (Lipinski definition) is 1. The molecule has 0 aliphatic carbocycles. The SMILES string of the molecule is O=C=N/C=C\C1CCNCC1. The molecule has 0 atom stereocenters. The molecule has 0 unspecified atom stereocenters. The number of carbonyl (C=O) groups excluding carboxylic acids is 1. The van der Waals surface area contributed by atoms with E-state index in [-0.39, 0.29) is 0 Å². The van der Waals surface area contributed by atoms with Crippen molar-refractivity contribution in [3.05, 3.63) is 12.3 Å². The van der Waals surface area contributed by atoms with Crippen LogP contribution in [0.4, 0.5) is 0 Å². The average Bonchev–Trinajstić information content (AvgIpc) is 2.07. The van der Waals surface area contributed by atoms with Crippen LogP contribution in [0.3, 0.4) is 0 Å². The Labute approximate surface area is 66.2 Å². The Morgan fingerprint density at radius 3 is 2.82 bits per heavy atom. The van der Waals surface area contributed by atoms with Crippen molar-refractivity contribution in [3.8, 4) is 0 Å². The van der Waals surface area contributed by atoms with Crippen molar-refractivity contribution < 1.29 is 4.79 Å². The summed E-state index contributed by atoms with van der Waals surface area (Å²) in [6.45, 7) is 2.14. The Balaban J connectivity index is 2.28. The summed E-state index contributed by atoms with van der Waals surface area (Å²) in [4.78, 5) is 13.1. The van der Waals surface area contributed by atoms with Crippen LogP contribution in [0.5, 0.6) is 0 Å². The van der Waals surface area contributed by atoms with Gasteiger partial charge in [-0.3, -0.25) is 0 Å². The molecule has 3 nitrogen and oxygen atoms in total. The lowest BCUT2D eigenvalue weighted by Gasteiger charge is -2.18. The fourth-order valence-electron chi connectivity index (χ4n) is 1.23. The number of nitrogens with one attached hydrogen (secondary N) is 1. The first-order valence-electron chi connectivity index (χ1n) is 3.88. The predicted molar refractivity (Wildman–Crippen MR) is 42.9 cm³/mol. The third kappa shape index (κ3) is 3.12. The largest absolute Gasteiger partial charge is 0.317 e. The fourth-order valence-corrected chi connectivity index (χ4v) is 1.23. The molecule has 11 heavy (non-hydrogen) atoms. The van der Waals surface area contributed by atoms with Gasteiger partial charge in [0.2, 0.25) is 6.08 Å². The van der Waals surface area contributed by atoms with Crippen LogP contribution in [-0.4, -0.2) is 19.2 Å². The van der Waals surface area contributed by atoms with Crippen molar-refractivity contribution in [2.75, 3.05) is 13.1 Å². The molecule has 1 rings (SSSR count). The maximum Gasteiger partial charge on any atom is 0.239 e. The van der Waals surface area contributed by atoms with Gasteiger partial charge in [0.25, 0.3) is 0 Å². The van der Waals surface area contributed by atoms with Gasteiger partial charge in [-0.1, -0.05) is 6.08 Å². The maximum atomic E-state index is 9.69. The Kier molecular flexibility index (Phi) is 3.59. The fraction of sp³-hybridized carbons (Fsp3) is 0.625. The van der Waals surface area contributed by atoms with Crippen molar-refractivity contribution in [1.29, 1.82) is 0 Å². The minimum Gasteiger partial charge on any atom is -0.317 e. The highest BCUT2D eigenvalue weighted by atomic mass is 16.1. The third-order valence-electron chi connectivity index (χ3n) is 1.87. The van der Waals surface area contributed by atoms with Crippen LogP contribution in [-0.2, 0) is 4.79 Å². The smallest absolute Gasteiger partial charge is 0.239 e. The van der Waals surface area contributed by atoms with Crippen molar-refractivity contribution in [1.82, 2.24) is 5.32 Å². The minimum absolute atomic E-state index is 0.591. The van der Waals surface area contributed by atoms with Crippen molar-refractivity contribution in [2.45, 2.75) is 12.8 Å². The number of piperidine rings is 1. The molecule has 0 aromatic rings. The number of nitrogens with zero attached hydrogens (tertiary/aromatic N) is 1. The lowest BCUT2D eigenvalue weighted by Crippen LogP contribution is -2.26. The first-order valence-corrected chi connectivity index (χ1v) is 3.88. The Bertz CT molecular complexity index is 177.